The van der Waals surface area contributed by atoms with E-state index in [9.17, 15) is 0 Å². The van der Waals surface area contributed by atoms with Crippen LogP contribution in [0.25, 0.3) is 0 Å². The van der Waals surface area contributed by atoms with Gasteiger partial charge >= 0.3 is 0 Å². The fraction of sp³-hybridized carbons (Fsp3) is 0.750. The van der Waals surface area contributed by atoms with Crippen molar-refractivity contribution in [1.29, 1.82) is 0 Å². The fourth-order valence-electron chi connectivity index (χ4n) is 3.34. The number of halogens is 1. The summed E-state index contributed by atoms with van der Waals surface area (Å²) in [4.78, 5) is 0. The van der Waals surface area contributed by atoms with Crippen molar-refractivity contribution >= 4 is 27.3 Å². The molecule has 1 N–H and O–H groups in total. The van der Waals surface area contributed by atoms with Gasteiger partial charge in [0, 0.05) is 16.5 Å². The van der Waals surface area contributed by atoms with E-state index >= 15 is 0 Å². The summed E-state index contributed by atoms with van der Waals surface area (Å²) in [5.41, 5.74) is 1.32. The largest absolute Gasteiger partial charge is 0.373 e. The molecule has 1 aromatic heterocycles. The molecule has 20 heavy (non-hydrogen) atoms. The Balaban J connectivity index is 2.30. The monoisotopic (exact) mass is 359 g/mol. The van der Waals surface area contributed by atoms with Gasteiger partial charge in [-0.3, -0.25) is 0 Å². The van der Waals surface area contributed by atoms with Crippen molar-refractivity contribution in [2.75, 3.05) is 13.2 Å². The first-order valence-electron chi connectivity index (χ1n) is 7.72. The lowest BCUT2D eigenvalue weighted by atomic mass is 9.73. The molecular weight excluding hydrogens is 334 g/mol. The van der Waals surface area contributed by atoms with Crippen molar-refractivity contribution in [1.82, 2.24) is 5.32 Å². The fourth-order valence-corrected chi connectivity index (χ4v) is 4.89. The van der Waals surface area contributed by atoms with Crippen molar-refractivity contribution in [2.24, 2.45) is 5.92 Å². The number of nitrogens with one attached hydrogen (secondary N) is 1. The zero-order valence-corrected chi connectivity index (χ0v) is 15.1. The molecule has 4 heteroatoms. The Bertz CT molecular complexity index is 412. The molecule has 1 aliphatic carbocycles. The summed E-state index contributed by atoms with van der Waals surface area (Å²) in [7, 11) is 0. The number of rotatable bonds is 6. The first kappa shape index (κ1) is 16.5. The van der Waals surface area contributed by atoms with Crippen LogP contribution in [0.4, 0.5) is 0 Å². The molecular formula is C16H26BrNOS. The quantitative estimate of drug-likeness (QED) is 0.758. The lowest BCUT2D eigenvalue weighted by molar-refractivity contribution is -0.0973. The number of likely N-dealkylation sites (N-methyl/N-ethyl adjacent to an activating group) is 1. The van der Waals surface area contributed by atoms with Gasteiger partial charge in [-0.2, -0.15) is 11.3 Å². The predicted octanol–water partition coefficient (Wildman–Crippen LogP) is 5.15. The van der Waals surface area contributed by atoms with Crippen molar-refractivity contribution in [3.63, 3.8) is 0 Å². The van der Waals surface area contributed by atoms with E-state index in [1.165, 1.54) is 22.9 Å². The maximum absolute atomic E-state index is 6.33. The number of thiophene rings is 1. The maximum atomic E-state index is 6.33. The van der Waals surface area contributed by atoms with Crippen LogP contribution in [0.1, 0.15) is 58.1 Å². The second-order valence-electron chi connectivity index (χ2n) is 5.85. The number of hydrogen-bond donors (Lipinski definition) is 1. The van der Waals surface area contributed by atoms with Gasteiger partial charge < -0.3 is 10.1 Å². The second-order valence-corrected chi connectivity index (χ2v) is 7.44. The van der Waals surface area contributed by atoms with E-state index in [1.54, 1.807) is 11.3 Å². The number of hydrogen-bond acceptors (Lipinski definition) is 3. The Morgan fingerprint density at radius 1 is 1.40 bits per heavy atom. The van der Waals surface area contributed by atoms with Crippen LogP contribution in [-0.2, 0) is 4.74 Å². The van der Waals surface area contributed by atoms with Gasteiger partial charge in [0.1, 0.15) is 0 Å². The first-order chi connectivity index (χ1) is 9.63. The Hall–Kier alpha value is 0.1000. The molecule has 0 spiro atoms. The summed E-state index contributed by atoms with van der Waals surface area (Å²) in [5, 5.41) is 8.12. The molecule has 1 heterocycles. The summed E-state index contributed by atoms with van der Waals surface area (Å²) in [5.74, 6) is 0.830. The molecule has 0 amide bonds. The third kappa shape index (κ3) is 3.46. The van der Waals surface area contributed by atoms with Crippen LogP contribution >= 0.6 is 27.3 Å². The van der Waals surface area contributed by atoms with E-state index in [2.05, 4.69) is 52.8 Å². The molecule has 114 valence electrons. The molecule has 0 saturated heterocycles. The zero-order chi connectivity index (χ0) is 14.6. The van der Waals surface area contributed by atoms with Crippen molar-refractivity contribution in [2.45, 2.75) is 58.1 Å². The number of ether oxygens (including phenoxy) is 1. The summed E-state index contributed by atoms with van der Waals surface area (Å²) in [6.45, 7) is 8.41. The van der Waals surface area contributed by atoms with Crippen LogP contribution in [0.3, 0.4) is 0 Å². The van der Waals surface area contributed by atoms with Gasteiger partial charge in [-0.15, -0.1) is 0 Å². The molecule has 0 aromatic carbocycles. The lowest BCUT2D eigenvalue weighted by Gasteiger charge is -2.45. The van der Waals surface area contributed by atoms with E-state index in [0.29, 0.717) is 6.04 Å². The van der Waals surface area contributed by atoms with Crippen LogP contribution in [0.2, 0.25) is 0 Å². The third-order valence-corrected chi connectivity index (χ3v) is 6.19. The van der Waals surface area contributed by atoms with Crippen LogP contribution in [0.15, 0.2) is 15.2 Å². The van der Waals surface area contributed by atoms with Crippen LogP contribution < -0.4 is 5.32 Å². The van der Waals surface area contributed by atoms with Crippen molar-refractivity contribution in [3.8, 4) is 0 Å². The smallest absolute Gasteiger partial charge is 0.0877 e. The molecule has 2 rings (SSSR count). The molecule has 0 radical (unpaired) electrons. The molecule has 2 nitrogen and oxygen atoms in total. The Morgan fingerprint density at radius 3 is 2.60 bits per heavy atom. The van der Waals surface area contributed by atoms with Gasteiger partial charge in [0.2, 0.25) is 0 Å². The van der Waals surface area contributed by atoms with Gasteiger partial charge in [-0.05, 0) is 71.9 Å². The second kappa shape index (κ2) is 7.39. The highest BCUT2D eigenvalue weighted by molar-refractivity contribution is 9.10. The Morgan fingerprint density at radius 2 is 2.10 bits per heavy atom. The van der Waals surface area contributed by atoms with Gasteiger partial charge in [-0.25, -0.2) is 0 Å². The van der Waals surface area contributed by atoms with Crippen molar-refractivity contribution in [3.05, 3.63) is 20.8 Å². The highest BCUT2D eigenvalue weighted by Gasteiger charge is 2.43. The molecule has 1 aliphatic rings. The van der Waals surface area contributed by atoms with Gasteiger partial charge in [-0.1, -0.05) is 13.8 Å². The molecule has 0 aliphatic heterocycles. The topological polar surface area (TPSA) is 21.3 Å². The van der Waals surface area contributed by atoms with E-state index < -0.39 is 0 Å². The standard InChI is InChI=1S/C16H26BrNOS/c1-4-18-15(13-10-20-11-14(13)17)16(19-5-2)8-6-12(3)7-9-16/h10-12,15,18H,4-9H2,1-3H3. The predicted molar refractivity (Wildman–Crippen MR) is 90.4 cm³/mol. The van der Waals surface area contributed by atoms with E-state index in [1.807, 2.05) is 0 Å². The summed E-state index contributed by atoms with van der Waals surface area (Å²) in [6.07, 6.45) is 4.84. The molecule has 1 saturated carbocycles. The highest BCUT2D eigenvalue weighted by Crippen LogP contribution is 2.45. The van der Waals surface area contributed by atoms with Crippen LogP contribution in [0, 0.1) is 5.92 Å². The van der Waals surface area contributed by atoms with E-state index in [-0.39, 0.29) is 5.60 Å². The average molecular weight is 360 g/mol. The van der Waals surface area contributed by atoms with Gasteiger partial charge in [0.05, 0.1) is 11.6 Å². The van der Waals surface area contributed by atoms with Crippen molar-refractivity contribution < 1.29 is 4.74 Å². The minimum absolute atomic E-state index is 0.0408. The minimum atomic E-state index is -0.0408. The average Bonchev–Trinajstić information content (AvgIpc) is 2.85. The third-order valence-electron chi connectivity index (χ3n) is 4.44. The first-order valence-corrected chi connectivity index (χ1v) is 9.45. The summed E-state index contributed by atoms with van der Waals surface area (Å²) >= 11 is 5.46. The SMILES string of the molecule is CCNC(c1cscc1Br)C1(OCC)CCC(C)CC1. The van der Waals surface area contributed by atoms with Crippen LogP contribution in [0.5, 0.6) is 0 Å². The maximum Gasteiger partial charge on any atom is 0.0877 e. The Kier molecular flexibility index (Phi) is 6.09. The summed E-state index contributed by atoms with van der Waals surface area (Å²) in [6, 6.07) is 0.292. The normalized spacial score (nSPS) is 28.5. The minimum Gasteiger partial charge on any atom is -0.373 e. The molecule has 1 aromatic rings. The van der Waals surface area contributed by atoms with E-state index in [4.69, 9.17) is 4.74 Å². The molecule has 1 unspecified atom stereocenters. The van der Waals surface area contributed by atoms with Gasteiger partial charge in [0.15, 0.2) is 0 Å². The lowest BCUT2D eigenvalue weighted by Crippen LogP contribution is -2.48. The van der Waals surface area contributed by atoms with Gasteiger partial charge in [0.25, 0.3) is 0 Å². The highest BCUT2D eigenvalue weighted by atomic mass is 79.9. The van der Waals surface area contributed by atoms with E-state index in [0.717, 1.165) is 31.9 Å². The Labute approximate surface area is 135 Å². The summed E-state index contributed by atoms with van der Waals surface area (Å²) < 4.78 is 7.55. The molecule has 1 atom stereocenters. The van der Waals surface area contributed by atoms with Crippen LogP contribution in [-0.4, -0.2) is 18.8 Å². The zero-order valence-electron chi connectivity index (χ0n) is 12.7. The molecule has 0 bridgehead atoms. The molecule has 1 fully saturated rings.